The lowest BCUT2D eigenvalue weighted by Gasteiger charge is -2.42. The number of amides is 1. The average molecular weight is 354 g/mol. The van der Waals surface area contributed by atoms with Gasteiger partial charge in [-0.2, -0.15) is 0 Å². The van der Waals surface area contributed by atoms with Crippen molar-refractivity contribution in [3.8, 4) is 0 Å². The predicted molar refractivity (Wildman–Crippen MR) is 97.7 cm³/mol. The van der Waals surface area contributed by atoms with Crippen molar-refractivity contribution in [1.29, 1.82) is 0 Å². The van der Waals surface area contributed by atoms with Gasteiger partial charge in [-0.3, -0.25) is 4.79 Å². The second-order valence-electron chi connectivity index (χ2n) is 8.35. The minimum absolute atomic E-state index is 0.0157. The Labute approximate surface area is 152 Å². The molecule has 1 aliphatic heterocycles. The van der Waals surface area contributed by atoms with Crippen molar-refractivity contribution in [3.63, 3.8) is 0 Å². The van der Waals surface area contributed by atoms with Crippen LogP contribution in [0.5, 0.6) is 0 Å². The molecule has 0 bridgehead atoms. The van der Waals surface area contributed by atoms with Crippen LogP contribution in [0.2, 0.25) is 0 Å². The molecule has 0 unspecified atom stereocenters. The summed E-state index contributed by atoms with van der Waals surface area (Å²) < 4.78 is 11.8. The highest BCUT2D eigenvalue weighted by atomic mass is 16.7. The number of carbonyl (C=O) groups excluding carboxylic acids is 1. The Kier molecular flexibility index (Phi) is 7.32. The van der Waals surface area contributed by atoms with E-state index in [0.717, 1.165) is 19.3 Å². The molecule has 0 saturated heterocycles. The number of nitrogens with one attached hydrogen (secondary N) is 1. The molecule has 0 aromatic carbocycles. The topological polar surface area (TPSA) is 67.8 Å². The van der Waals surface area contributed by atoms with Gasteiger partial charge in [-0.1, -0.05) is 33.6 Å². The number of hydrogen-bond donors (Lipinski definition) is 2. The van der Waals surface area contributed by atoms with Gasteiger partial charge in [0, 0.05) is 25.2 Å². The third-order valence-corrected chi connectivity index (χ3v) is 5.33. The molecule has 1 aliphatic carbocycles. The first-order valence-corrected chi connectivity index (χ1v) is 9.78. The predicted octanol–water partition coefficient (Wildman–Crippen LogP) is 3.37. The van der Waals surface area contributed by atoms with Gasteiger partial charge in [0.15, 0.2) is 5.76 Å². The van der Waals surface area contributed by atoms with Gasteiger partial charge in [0.1, 0.15) is 0 Å². The molecule has 1 heterocycles. The molecule has 144 valence electrons. The maximum Gasteiger partial charge on any atom is 0.286 e. The average Bonchev–Trinajstić information content (AvgIpc) is 3.05. The first-order valence-electron chi connectivity index (χ1n) is 9.78. The van der Waals surface area contributed by atoms with Crippen LogP contribution in [0.3, 0.4) is 0 Å². The number of hydrogen-bond acceptors (Lipinski definition) is 4. The van der Waals surface area contributed by atoms with E-state index in [1.165, 1.54) is 12.8 Å². The lowest BCUT2D eigenvalue weighted by molar-refractivity contribution is -0.179. The molecule has 2 aliphatic rings. The number of aliphatic hydroxyl groups excluding tert-OH is 1. The summed E-state index contributed by atoms with van der Waals surface area (Å²) in [6.45, 7) is 9.18. The van der Waals surface area contributed by atoms with Crippen molar-refractivity contribution < 1.29 is 19.4 Å². The van der Waals surface area contributed by atoms with Gasteiger partial charge >= 0.3 is 0 Å². The zero-order valence-electron chi connectivity index (χ0n) is 16.2. The second-order valence-corrected chi connectivity index (χ2v) is 8.35. The van der Waals surface area contributed by atoms with Crippen LogP contribution in [0.1, 0.15) is 66.2 Å². The third-order valence-electron chi connectivity index (χ3n) is 5.33. The number of ether oxygens (including phenoxy) is 2. The van der Waals surface area contributed by atoms with E-state index in [0.29, 0.717) is 18.8 Å². The van der Waals surface area contributed by atoms with Crippen molar-refractivity contribution in [2.45, 2.75) is 78.6 Å². The molecular weight excluding hydrogens is 318 g/mol. The molecule has 1 saturated carbocycles. The van der Waals surface area contributed by atoms with Crippen molar-refractivity contribution >= 4 is 5.91 Å². The van der Waals surface area contributed by atoms with Gasteiger partial charge in [0.05, 0.1) is 0 Å². The summed E-state index contributed by atoms with van der Waals surface area (Å²) in [6, 6.07) is 0.266. The van der Waals surface area contributed by atoms with E-state index in [1.54, 1.807) is 0 Å². The Morgan fingerprint density at radius 2 is 2.04 bits per heavy atom. The number of aliphatic hydroxyl groups is 1. The molecule has 0 spiro atoms. The van der Waals surface area contributed by atoms with Gasteiger partial charge in [-0.05, 0) is 50.0 Å². The lowest BCUT2D eigenvalue weighted by atomic mass is 9.70. The van der Waals surface area contributed by atoms with Crippen LogP contribution in [0.4, 0.5) is 0 Å². The normalized spacial score (nSPS) is 27.7. The van der Waals surface area contributed by atoms with Crippen molar-refractivity contribution in [3.05, 3.63) is 11.8 Å². The first-order chi connectivity index (χ1) is 11.9. The third kappa shape index (κ3) is 5.45. The Hall–Kier alpha value is -1.07. The zero-order chi connectivity index (χ0) is 18.4. The van der Waals surface area contributed by atoms with Crippen LogP contribution in [-0.4, -0.2) is 36.6 Å². The summed E-state index contributed by atoms with van der Waals surface area (Å²) in [5.41, 5.74) is -0.0157. The van der Waals surface area contributed by atoms with Crippen LogP contribution < -0.4 is 5.32 Å². The van der Waals surface area contributed by atoms with Crippen molar-refractivity contribution in [2.75, 3.05) is 13.2 Å². The van der Waals surface area contributed by atoms with E-state index >= 15 is 0 Å². The first kappa shape index (κ1) is 20.2. The molecule has 25 heavy (non-hydrogen) atoms. The van der Waals surface area contributed by atoms with Crippen LogP contribution >= 0.6 is 0 Å². The van der Waals surface area contributed by atoms with E-state index in [-0.39, 0.29) is 35.8 Å². The molecule has 1 amide bonds. The smallest absolute Gasteiger partial charge is 0.286 e. The molecule has 0 aromatic rings. The summed E-state index contributed by atoms with van der Waals surface area (Å²) in [6.07, 6.45) is 7.54. The van der Waals surface area contributed by atoms with Gasteiger partial charge < -0.3 is 19.9 Å². The van der Waals surface area contributed by atoms with E-state index in [2.05, 4.69) is 26.1 Å². The Morgan fingerprint density at radius 1 is 1.36 bits per heavy atom. The highest BCUT2D eigenvalue weighted by molar-refractivity contribution is 5.91. The maximum atomic E-state index is 12.7. The van der Waals surface area contributed by atoms with Crippen LogP contribution in [-0.2, 0) is 14.3 Å². The molecule has 1 fully saturated rings. The number of allylic oxidation sites excluding steroid dienone is 1. The van der Waals surface area contributed by atoms with Crippen LogP contribution in [0.15, 0.2) is 11.8 Å². The highest BCUT2D eigenvalue weighted by Gasteiger charge is 2.42. The fraction of sp³-hybridized carbons (Fsp3) is 0.850. The van der Waals surface area contributed by atoms with E-state index in [1.807, 2.05) is 13.0 Å². The van der Waals surface area contributed by atoms with E-state index in [9.17, 15) is 9.90 Å². The minimum Gasteiger partial charge on any atom is -0.459 e. The lowest BCUT2D eigenvalue weighted by Crippen LogP contribution is -2.44. The molecule has 5 nitrogen and oxygen atoms in total. The Bertz CT molecular complexity index is 463. The van der Waals surface area contributed by atoms with Crippen LogP contribution in [0.25, 0.3) is 0 Å². The van der Waals surface area contributed by atoms with Crippen molar-refractivity contribution in [2.24, 2.45) is 17.3 Å². The number of carbonyl (C=O) groups is 1. The summed E-state index contributed by atoms with van der Waals surface area (Å²) in [7, 11) is 0. The zero-order valence-corrected chi connectivity index (χ0v) is 16.2. The second kappa shape index (κ2) is 9.04. The Balaban J connectivity index is 2.20. The van der Waals surface area contributed by atoms with Gasteiger partial charge in [-0.15, -0.1) is 0 Å². The van der Waals surface area contributed by atoms with Gasteiger partial charge in [0.25, 0.3) is 5.91 Å². The summed E-state index contributed by atoms with van der Waals surface area (Å²) in [5.74, 6) is 0.570. The minimum atomic E-state index is -0.435. The molecule has 2 N–H and O–H groups in total. The largest absolute Gasteiger partial charge is 0.459 e. The summed E-state index contributed by atoms with van der Waals surface area (Å²) >= 11 is 0. The summed E-state index contributed by atoms with van der Waals surface area (Å²) in [5, 5.41) is 12.4. The molecule has 2 rings (SSSR count). The molecule has 5 heteroatoms. The van der Waals surface area contributed by atoms with Crippen LogP contribution in [0, 0.1) is 17.3 Å². The Morgan fingerprint density at radius 3 is 2.60 bits per heavy atom. The van der Waals surface area contributed by atoms with E-state index in [4.69, 9.17) is 9.47 Å². The van der Waals surface area contributed by atoms with E-state index < -0.39 is 6.29 Å². The molecule has 3 atom stereocenters. The fourth-order valence-electron chi connectivity index (χ4n) is 4.02. The molecular formula is C20H35NO4. The van der Waals surface area contributed by atoms with Gasteiger partial charge in [0.2, 0.25) is 6.29 Å². The number of rotatable bonds is 7. The molecule has 0 radical (unpaired) electrons. The quantitative estimate of drug-likeness (QED) is 0.736. The SMILES string of the molecule is CCO[C@@H]1OC(C(=O)NC2CCCC2)=C[C@H](C(C)(C)C)[C@H]1CCCO. The fourth-order valence-corrected chi connectivity index (χ4v) is 4.02. The monoisotopic (exact) mass is 353 g/mol. The van der Waals surface area contributed by atoms with Crippen molar-refractivity contribution in [1.82, 2.24) is 5.32 Å². The summed E-state index contributed by atoms with van der Waals surface area (Å²) in [4.78, 5) is 12.7. The van der Waals surface area contributed by atoms with Gasteiger partial charge in [-0.25, -0.2) is 0 Å². The standard InChI is InChI=1S/C20H35NO4/c1-5-24-19-15(11-8-12-22)16(20(2,3)4)13-17(25-19)18(23)21-14-9-6-7-10-14/h13-16,19,22H,5-12H2,1-4H3,(H,21,23)/t15-,16+,19-/m1/s1. The molecule has 0 aromatic heterocycles. The maximum absolute atomic E-state index is 12.7. The highest BCUT2D eigenvalue weighted by Crippen LogP contribution is 2.42.